The Bertz CT molecular complexity index is 1010. The number of carbonyl (C=O) groups excluding carboxylic acids is 1. The van der Waals surface area contributed by atoms with E-state index >= 15 is 0 Å². The van der Waals surface area contributed by atoms with Crippen molar-refractivity contribution in [3.05, 3.63) is 59.9 Å². The summed E-state index contributed by atoms with van der Waals surface area (Å²) in [5, 5.41) is 4.07. The second kappa shape index (κ2) is 8.69. The van der Waals surface area contributed by atoms with Crippen molar-refractivity contribution < 1.29 is 18.7 Å². The number of ether oxygens (including phenoxy) is 2. The first-order chi connectivity index (χ1) is 14.6. The minimum Gasteiger partial charge on any atom is -0.497 e. The maximum atomic E-state index is 13.0. The van der Waals surface area contributed by atoms with E-state index in [1.165, 1.54) is 0 Å². The second-order valence-corrected chi connectivity index (χ2v) is 7.55. The van der Waals surface area contributed by atoms with Crippen LogP contribution in [0.25, 0.3) is 11.0 Å². The Morgan fingerprint density at radius 2 is 2.07 bits per heavy atom. The van der Waals surface area contributed by atoms with Gasteiger partial charge in [-0.25, -0.2) is 4.79 Å². The molecule has 1 aliphatic rings. The maximum Gasteiger partial charge on any atom is 0.318 e. The Kier molecular flexibility index (Phi) is 5.84. The molecule has 1 aliphatic heterocycles. The van der Waals surface area contributed by atoms with Crippen molar-refractivity contribution in [3.63, 3.8) is 0 Å². The van der Waals surface area contributed by atoms with Crippen LogP contribution in [-0.4, -0.2) is 31.2 Å². The third-order valence-electron chi connectivity index (χ3n) is 5.61. The topological polar surface area (TPSA) is 63.9 Å². The van der Waals surface area contributed by atoms with Crippen LogP contribution < -0.4 is 14.8 Å². The predicted molar refractivity (Wildman–Crippen MR) is 116 cm³/mol. The lowest BCUT2D eigenvalue weighted by molar-refractivity contribution is 0.188. The monoisotopic (exact) mass is 408 g/mol. The summed E-state index contributed by atoms with van der Waals surface area (Å²) in [7, 11) is 1.65. The molecular weight excluding hydrogens is 380 g/mol. The zero-order chi connectivity index (χ0) is 21.1. The van der Waals surface area contributed by atoms with Crippen molar-refractivity contribution in [1.29, 1.82) is 0 Å². The molecule has 2 heterocycles. The van der Waals surface area contributed by atoms with E-state index in [-0.39, 0.29) is 18.1 Å². The van der Waals surface area contributed by atoms with Crippen molar-refractivity contribution in [3.8, 4) is 11.5 Å². The summed E-state index contributed by atoms with van der Waals surface area (Å²) < 4.78 is 16.9. The number of hydrogen-bond acceptors (Lipinski definition) is 4. The Labute approximate surface area is 176 Å². The Morgan fingerprint density at radius 3 is 2.80 bits per heavy atom. The number of urea groups is 1. The number of methoxy groups -OCH3 is 1. The van der Waals surface area contributed by atoms with Gasteiger partial charge in [0, 0.05) is 11.9 Å². The second-order valence-electron chi connectivity index (χ2n) is 7.55. The van der Waals surface area contributed by atoms with Gasteiger partial charge >= 0.3 is 6.03 Å². The zero-order valence-corrected chi connectivity index (χ0v) is 17.7. The molecule has 1 saturated heterocycles. The SMILES string of the molecule is CCOc1cccc2cc(C(C)NC(=O)N3CCCC3c3ccc(OC)cc3)oc12. The van der Waals surface area contributed by atoms with E-state index in [1.807, 2.05) is 67.3 Å². The van der Waals surface area contributed by atoms with Crippen molar-refractivity contribution in [1.82, 2.24) is 10.2 Å². The first-order valence-electron chi connectivity index (χ1n) is 10.5. The van der Waals surface area contributed by atoms with Crippen LogP contribution in [0.15, 0.2) is 52.9 Å². The largest absolute Gasteiger partial charge is 0.497 e. The summed E-state index contributed by atoms with van der Waals surface area (Å²) >= 11 is 0. The lowest BCUT2D eigenvalue weighted by atomic mass is 10.0. The molecule has 0 saturated carbocycles. The molecule has 2 aromatic carbocycles. The number of rotatable bonds is 6. The number of carbonyl (C=O) groups is 1. The van der Waals surface area contributed by atoms with Crippen LogP contribution in [0.4, 0.5) is 4.79 Å². The van der Waals surface area contributed by atoms with Gasteiger partial charge in [0.05, 0.1) is 25.8 Å². The molecule has 1 aromatic heterocycles. The number of benzene rings is 2. The number of furan rings is 1. The van der Waals surface area contributed by atoms with E-state index in [4.69, 9.17) is 13.9 Å². The highest BCUT2D eigenvalue weighted by molar-refractivity contribution is 5.84. The van der Waals surface area contributed by atoms with Gasteiger partial charge in [-0.2, -0.15) is 0 Å². The highest BCUT2D eigenvalue weighted by Gasteiger charge is 2.31. The molecule has 3 aromatic rings. The van der Waals surface area contributed by atoms with Gasteiger partial charge in [-0.1, -0.05) is 24.3 Å². The number of nitrogens with zero attached hydrogens (tertiary/aromatic N) is 1. The van der Waals surface area contributed by atoms with Crippen molar-refractivity contribution in [2.75, 3.05) is 20.3 Å². The van der Waals surface area contributed by atoms with Gasteiger partial charge in [-0.3, -0.25) is 0 Å². The summed E-state index contributed by atoms with van der Waals surface area (Å²) in [6.45, 7) is 5.20. The van der Waals surface area contributed by atoms with Gasteiger partial charge in [0.1, 0.15) is 11.5 Å². The smallest absolute Gasteiger partial charge is 0.318 e. The van der Waals surface area contributed by atoms with Crippen LogP contribution in [0.5, 0.6) is 11.5 Å². The third-order valence-corrected chi connectivity index (χ3v) is 5.61. The maximum absolute atomic E-state index is 13.0. The fraction of sp³-hybridized carbons (Fsp3) is 0.375. The molecule has 4 rings (SSSR count). The van der Waals surface area contributed by atoms with Crippen LogP contribution in [-0.2, 0) is 0 Å². The number of amides is 2. The molecule has 6 nitrogen and oxygen atoms in total. The quantitative estimate of drug-likeness (QED) is 0.589. The molecular formula is C24H28N2O4. The lowest BCUT2D eigenvalue weighted by Gasteiger charge is -2.27. The van der Waals surface area contributed by atoms with Gasteiger partial charge in [0.15, 0.2) is 11.3 Å². The number of fused-ring (bicyclic) bond motifs is 1. The summed E-state index contributed by atoms with van der Waals surface area (Å²) in [4.78, 5) is 15.0. The van der Waals surface area contributed by atoms with Gasteiger partial charge in [-0.05, 0) is 56.5 Å². The number of hydrogen-bond donors (Lipinski definition) is 1. The molecule has 0 aliphatic carbocycles. The molecule has 0 spiro atoms. The molecule has 2 amide bonds. The van der Waals surface area contributed by atoms with E-state index in [0.29, 0.717) is 18.0 Å². The van der Waals surface area contributed by atoms with Gasteiger partial charge < -0.3 is 24.1 Å². The highest BCUT2D eigenvalue weighted by Crippen LogP contribution is 2.34. The van der Waals surface area contributed by atoms with Crippen LogP contribution in [0, 0.1) is 0 Å². The van der Waals surface area contributed by atoms with Crippen molar-refractivity contribution in [2.24, 2.45) is 0 Å². The molecule has 0 radical (unpaired) electrons. The Morgan fingerprint density at radius 1 is 1.27 bits per heavy atom. The average molecular weight is 408 g/mol. The molecule has 1 N–H and O–H groups in total. The van der Waals surface area contributed by atoms with Crippen LogP contribution in [0.1, 0.15) is 50.1 Å². The summed E-state index contributed by atoms with van der Waals surface area (Å²) in [6.07, 6.45) is 1.94. The van der Waals surface area contributed by atoms with E-state index in [9.17, 15) is 4.79 Å². The fourth-order valence-electron chi connectivity index (χ4n) is 4.06. The molecule has 6 heteroatoms. The van der Waals surface area contributed by atoms with Crippen molar-refractivity contribution >= 4 is 17.0 Å². The molecule has 0 bridgehead atoms. The summed E-state index contributed by atoms with van der Waals surface area (Å²) in [5.41, 5.74) is 1.84. The first kappa shape index (κ1) is 20.1. The Hall–Kier alpha value is -3.15. The van der Waals surface area contributed by atoms with Gasteiger partial charge in [-0.15, -0.1) is 0 Å². The molecule has 2 unspecified atom stereocenters. The summed E-state index contributed by atoms with van der Waals surface area (Å²) in [5.74, 6) is 2.25. The van der Waals surface area contributed by atoms with E-state index in [0.717, 1.165) is 41.8 Å². The molecule has 30 heavy (non-hydrogen) atoms. The fourth-order valence-corrected chi connectivity index (χ4v) is 4.06. The normalized spacial score (nSPS) is 17.2. The van der Waals surface area contributed by atoms with Crippen molar-refractivity contribution in [2.45, 2.75) is 38.8 Å². The molecule has 2 atom stereocenters. The number of likely N-dealkylation sites (tertiary alicyclic amines) is 1. The first-order valence-corrected chi connectivity index (χ1v) is 10.5. The highest BCUT2D eigenvalue weighted by atomic mass is 16.5. The van der Waals surface area contributed by atoms with Crippen LogP contribution in [0.2, 0.25) is 0 Å². The third kappa shape index (κ3) is 3.95. The number of para-hydroxylation sites is 1. The number of nitrogens with one attached hydrogen (secondary N) is 1. The predicted octanol–water partition coefficient (Wildman–Crippen LogP) is 5.45. The average Bonchev–Trinajstić information content (AvgIpc) is 3.42. The van der Waals surface area contributed by atoms with Gasteiger partial charge in [0.25, 0.3) is 0 Å². The van der Waals surface area contributed by atoms with Crippen LogP contribution >= 0.6 is 0 Å². The standard InChI is InChI=1S/C24H28N2O4/c1-4-29-21-9-5-7-18-15-22(30-23(18)21)16(2)25-24(27)26-14-6-8-20(26)17-10-12-19(28-3)13-11-17/h5,7,9-13,15-16,20H,4,6,8,14H2,1-3H3,(H,25,27). The Balaban J connectivity index is 1.48. The van der Waals surface area contributed by atoms with Crippen LogP contribution in [0.3, 0.4) is 0 Å². The lowest BCUT2D eigenvalue weighted by Crippen LogP contribution is -2.40. The molecule has 1 fully saturated rings. The molecule has 158 valence electrons. The minimum absolute atomic E-state index is 0.0725. The zero-order valence-electron chi connectivity index (χ0n) is 17.7. The minimum atomic E-state index is -0.253. The summed E-state index contributed by atoms with van der Waals surface area (Å²) in [6, 6.07) is 15.5. The van der Waals surface area contributed by atoms with E-state index in [2.05, 4.69) is 5.32 Å². The van der Waals surface area contributed by atoms with Gasteiger partial charge in [0.2, 0.25) is 0 Å². The van der Waals surface area contributed by atoms with E-state index < -0.39 is 0 Å². The van der Waals surface area contributed by atoms with E-state index in [1.54, 1.807) is 7.11 Å².